The van der Waals surface area contributed by atoms with Crippen LogP contribution in [-0.4, -0.2) is 17.6 Å². The maximum atomic E-state index is 11.1. The highest BCUT2D eigenvalue weighted by atomic mass is 16.4. The molecule has 0 bridgehead atoms. The number of aliphatic carboxylic acids is 1. The van der Waals surface area contributed by atoms with Crippen molar-refractivity contribution in [1.82, 2.24) is 0 Å². The lowest BCUT2D eigenvalue weighted by Gasteiger charge is -2.22. The lowest BCUT2D eigenvalue weighted by molar-refractivity contribution is -0.147. The van der Waals surface area contributed by atoms with Crippen LogP contribution in [0.3, 0.4) is 0 Å². The summed E-state index contributed by atoms with van der Waals surface area (Å²) in [6.45, 7) is 3.82. The Kier molecular flexibility index (Phi) is 3.48. The molecule has 1 rings (SSSR count). The first-order valence-corrected chi connectivity index (χ1v) is 4.97. The first-order chi connectivity index (χ1) is 6.98. The number of carboxylic acid groups (broad SMARTS) is 1. The lowest BCUT2D eigenvalue weighted by Crippen LogP contribution is -2.37. The molecule has 1 aromatic carbocycles. The van der Waals surface area contributed by atoms with E-state index >= 15 is 0 Å². The fourth-order valence-corrected chi connectivity index (χ4v) is 1.51. The summed E-state index contributed by atoms with van der Waals surface area (Å²) in [5, 5.41) is 9.08. The normalized spacial score (nSPS) is 14.6. The van der Waals surface area contributed by atoms with Gasteiger partial charge in [-0.15, -0.1) is 0 Å². The van der Waals surface area contributed by atoms with Gasteiger partial charge in [0.25, 0.3) is 0 Å². The van der Waals surface area contributed by atoms with Gasteiger partial charge in [0.15, 0.2) is 0 Å². The molecule has 1 aromatic rings. The zero-order valence-corrected chi connectivity index (χ0v) is 9.16. The van der Waals surface area contributed by atoms with E-state index in [1.165, 1.54) is 0 Å². The Bertz CT molecular complexity index is 362. The van der Waals surface area contributed by atoms with Crippen LogP contribution in [0, 0.1) is 12.3 Å². The summed E-state index contributed by atoms with van der Waals surface area (Å²) in [6.07, 6.45) is 0.473. The minimum atomic E-state index is -0.867. The molecule has 3 nitrogen and oxygen atoms in total. The summed E-state index contributed by atoms with van der Waals surface area (Å²) in [4.78, 5) is 11.1. The molecule has 0 aromatic heterocycles. The number of hydrogen-bond acceptors (Lipinski definition) is 2. The van der Waals surface area contributed by atoms with Crippen LogP contribution < -0.4 is 5.73 Å². The van der Waals surface area contributed by atoms with Crippen LogP contribution in [0.2, 0.25) is 0 Å². The van der Waals surface area contributed by atoms with E-state index in [0.717, 1.165) is 11.1 Å². The van der Waals surface area contributed by atoms with Crippen molar-refractivity contribution >= 4 is 5.97 Å². The summed E-state index contributed by atoms with van der Waals surface area (Å²) < 4.78 is 0. The van der Waals surface area contributed by atoms with Gasteiger partial charge in [-0.05, 0) is 25.8 Å². The maximum absolute atomic E-state index is 11.1. The molecule has 0 saturated carbocycles. The highest BCUT2D eigenvalue weighted by Crippen LogP contribution is 2.22. The summed E-state index contributed by atoms with van der Waals surface area (Å²) in [6, 6.07) is 7.86. The van der Waals surface area contributed by atoms with Gasteiger partial charge in [0.05, 0.1) is 5.41 Å². The standard InChI is InChI=1S/C12H17NO2/c1-9-4-3-5-10(6-9)7-12(2,8-13)11(14)15/h3-6H,7-8,13H2,1-2H3,(H,14,15). The van der Waals surface area contributed by atoms with Crippen molar-refractivity contribution < 1.29 is 9.90 Å². The minimum Gasteiger partial charge on any atom is -0.481 e. The monoisotopic (exact) mass is 207 g/mol. The topological polar surface area (TPSA) is 63.3 Å². The highest BCUT2D eigenvalue weighted by Gasteiger charge is 2.31. The molecule has 0 fully saturated rings. The Labute approximate surface area is 89.9 Å². The van der Waals surface area contributed by atoms with Crippen LogP contribution in [0.25, 0.3) is 0 Å². The molecule has 1 unspecified atom stereocenters. The van der Waals surface area contributed by atoms with Crippen molar-refractivity contribution in [3.8, 4) is 0 Å². The van der Waals surface area contributed by atoms with E-state index in [1.54, 1.807) is 6.92 Å². The lowest BCUT2D eigenvalue weighted by atomic mass is 9.83. The summed E-state index contributed by atoms with van der Waals surface area (Å²) in [7, 11) is 0. The van der Waals surface area contributed by atoms with Crippen molar-refractivity contribution in [2.75, 3.05) is 6.54 Å². The Balaban J connectivity index is 2.89. The molecule has 0 spiro atoms. The molecule has 1 atom stereocenters. The van der Waals surface area contributed by atoms with Crippen molar-refractivity contribution in [3.05, 3.63) is 35.4 Å². The third-order valence-corrected chi connectivity index (χ3v) is 2.64. The van der Waals surface area contributed by atoms with Gasteiger partial charge in [-0.25, -0.2) is 0 Å². The molecule has 0 aliphatic heterocycles. The van der Waals surface area contributed by atoms with E-state index < -0.39 is 11.4 Å². The second-order valence-corrected chi connectivity index (χ2v) is 4.24. The van der Waals surface area contributed by atoms with E-state index in [4.69, 9.17) is 10.8 Å². The average molecular weight is 207 g/mol. The Hall–Kier alpha value is -1.35. The number of rotatable bonds is 4. The second-order valence-electron chi connectivity index (χ2n) is 4.24. The van der Waals surface area contributed by atoms with Gasteiger partial charge in [0.2, 0.25) is 0 Å². The molecule has 3 heteroatoms. The van der Waals surface area contributed by atoms with E-state index in [9.17, 15) is 4.79 Å². The van der Waals surface area contributed by atoms with Gasteiger partial charge < -0.3 is 10.8 Å². The number of carbonyl (C=O) groups is 1. The molecule has 0 aliphatic rings. The molecular weight excluding hydrogens is 190 g/mol. The summed E-state index contributed by atoms with van der Waals surface area (Å²) in [5.41, 5.74) is 6.80. The number of nitrogens with two attached hydrogens (primary N) is 1. The first kappa shape index (κ1) is 11.7. The quantitative estimate of drug-likeness (QED) is 0.788. The smallest absolute Gasteiger partial charge is 0.310 e. The van der Waals surface area contributed by atoms with Crippen LogP contribution in [0.5, 0.6) is 0 Å². The van der Waals surface area contributed by atoms with E-state index in [-0.39, 0.29) is 6.54 Å². The van der Waals surface area contributed by atoms with Crippen molar-refractivity contribution in [3.63, 3.8) is 0 Å². The van der Waals surface area contributed by atoms with Gasteiger partial charge in [-0.1, -0.05) is 29.8 Å². The zero-order valence-electron chi connectivity index (χ0n) is 9.16. The summed E-state index contributed by atoms with van der Waals surface area (Å²) >= 11 is 0. The highest BCUT2D eigenvalue weighted by molar-refractivity contribution is 5.74. The van der Waals surface area contributed by atoms with Crippen LogP contribution in [-0.2, 0) is 11.2 Å². The van der Waals surface area contributed by atoms with Crippen molar-refractivity contribution in [1.29, 1.82) is 0 Å². The third-order valence-electron chi connectivity index (χ3n) is 2.64. The number of benzene rings is 1. The van der Waals surface area contributed by atoms with Crippen LogP contribution in [0.15, 0.2) is 24.3 Å². The molecule has 15 heavy (non-hydrogen) atoms. The molecule has 0 amide bonds. The largest absolute Gasteiger partial charge is 0.481 e. The Morgan fingerprint density at radius 2 is 2.20 bits per heavy atom. The van der Waals surface area contributed by atoms with Gasteiger partial charge in [-0.3, -0.25) is 4.79 Å². The van der Waals surface area contributed by atoms with E-state index in [1.807, 2.05) is 31.2 Å². The molecule has 3 N–H and O–H groups in total. The minimum absolute atomic E-state index is 0.149. The van der Waals surface area contributed by atoms with Crippen LogP contribution in [0.1, 0.15) is 18.1 Å². The fourth-order valence-electron chi connectivity index (χ4n) is 1.51. The second kappa shape index (κ2) is 4.45. The number of aryl methyl sites for hydroxylation is 1. The maximum Gasteiger partial charge on any atom is 0.310 e. The van der Waals surface area contributed by atoms with Crippen molar-refractivity contribution in [2.24, 2.45) is 11.1 Å². The Morgan fingerprint density at radius 3 is 2.67 bits per heavy atom. The third kappa shape index (κ3) is 2.80. The number of hydrogen-bond donors (Lipinski definition) is 2. The average Bonchev–Trinajstić information content (AvgIpc) is 2.17. The predicted molar refractivity (Wildman–Crippen MR) is 59.7 cm³/mol. The van der Waals surface area contributed by atoms with Crippen molar-refractivity contribution in [2.45, 2.75) is 20.3 Å². The Morgan fingerprint density at radius 1 is 1.53 bits per heavy atom. The van der Waals surface area contributed by atoms with Gasteiger partial charge in [0, 0.05) is 6.54 Å². The number of carboxylic acids is 1. The molecule has 0 radical (unpaired) electrons. The molecule has 82 valence electrons. The van der Waals surface area contributed by atoms with Gasteiger partial charge in [-0.2, -0.15) is 0 Å². The summed E-state index contributed by atoms with van der Waals surface area (Å²) in [5.74, 6) is -0.841. The molecule has 0 saturated heterocycles. The zero-order chi connectivity index (χ0) is 11.5. The van der Waals surface area contributed by atoms with Crippen LogP contribution >= 0.6 is 0 Å². The SMILES string of the molecule is Cc1cccc(CC(C)(CN)C(=O)O)c1. The van der Waals surface area contributed by atoms with E-state index in [2.05, 4.69) is 0 Å². The predicted octanol–water partition coefficient (Wildman–Crippen LogP) is 1.59. The molecular formula is C12H17NO2. The van der Waals surface area contributed by atoms with Gasteiger partial charge in [0.1, 0.15) is 0 Å². The van der Waals surface area contributed by atoms with E-state index in [0.29, 0.717) is 6.42 Å². The van der Waals surface area contributed by atoms with Crippen LogP contribution in [0.4, 0.5) is 0 Å². The molecule has 0 heterocycles. The first-order valence-electron chi connectivity index (χ1n) is 4.97. The van der Waals surface area contributed by atoms with Gasteiger partial charge >= 0.3 is 5.97 Å². The molecule has 0 aliphatic carbocycles. The fraction of sp³-hybridized carbons (Fsp3) is 0.417.